The van der Waals surface area contributed by atoms with Crippen LogP contribution in [0.5, 0.6) is 5.75 Å². The number of methoxy groups -OCH3 is 1. The van der Waals surface area contributed by atoms with Gasteiger partial charge in [0, 0.05) is 43.9 Å². The third-order valence-corrected chi connectivity index (χ3v) is 6.60. The molecule has 1 atom stereocenters. The number of aliphatic hydroxyl groups excluding tert-OH is 1. The molecule has 36 heavy (non-hydrogen) atoms. The molecule has 2 aliphatic heterocycles. The molecule has 4 rings (SSSR count). The summed E-state index contributed by atoms with van der Waals surface area (Å²) >= 11 is 0. The number of aliphatic hydroxyl groups is 1. The molecule has 10 nitrogen and oxygen atoms in total. The van der Waals surface area contributed by atoms with Crippen molar-refractivity contribution in [3.8, 4) is 5.75 Å². The minimum Gasteiger partial charge on any atom is -0.507 e. The van der Waals surface area contributed by atoms with E-state index in [0.717, 1.165) is 25.2 Å². The van der Waals surface area contributed by atoms with E-state index in [0.29, 0.717) is 43.1 Å². The van der Waals surface area contributed by atoms with Crippen LogP contribution < -0.4 is 4.74 Å². The first-order valence-corrected chi connectivity index (χ1v) is 11.8. The van der Waals surface area contributed by atoms with Gasteiger partial charge >= 0.3 is 0 Å². The Hall–Kier alpha value is -3.76. The van der Waals surface area contributed by atoms with E-state index >= 15 is 0 Å². The molecule has 0 unspecified atom stereocenters. The molecule has 0 spiro atoms. The van der Waals surface area contributed by atoms with Crippen molar-refractivity contribution in [3.05, 3.63) is 74.8 Å². The van der Waals surface area contributed by atoms with Crippen LogP contribution in [0.15, 0.2) is 48.0 Å². The summed E-state index contributed by atoms with van der Waals surface area (Å²) in [4.78, 5) is 40.6. The number of non-ortho nitro benzene ring substituents is 1. The highest BCUT2D eigenvalue weighted by Crippen LogP contribution is 2.40. The first kappa shape index (κ1) is 25.3. The maximum atomic E-state index is 13.2. The summed E-state index contributed by atoms with van der Waals surface area (Å²) in [6.45, 7) is 5.78. The first-order chi connectivity index (χ1) is 17.3. The molecular formula is C26H29N3O7. The van der Waals surface area contributed by atoms with Gasteiger partial charge in [-0.25, -0.2) is 0 Å². The van der Waals surface area contributed by atoms with Gasteiger partial charge in [-0.3, -0.25) is 24.6 Å². The third-order valence-electron chi connectivity index (χ3n) is 6.60. The largest absolute Gasteiger partial charge is 0.507 e. The number of aryl methyl sites for hydroxylation is 1. The van der Waals surface area contributed by atoms with Crippen LogP contribution in [-0.4, -0.2) is 78.0 Å². The van der Waals surface area contributed by atoms with Gasteiger partial charge in [-0.1, -0.05) is 0 Å². The predicted octanol–water partition coefficient (Wildman–Crippen LogP) is 3.06. The zero-order valence-corrected chi connectivity index (χ0v) is 20.3. The quantitative estimate of drug-likeness (QED) is 0.195. The van der Waals surface area contributed by atoms with Crippen LogP contribution in [0.2, 0.25) is 0 Å². The number of likely N-dealkylation sites (tertiary alicyclic amines) is 1. The van der Waals surface area contributed by atoms with E-state index in [1.165, 1.54) is 29.2 Å². The number of carbonyl (C=O) groups excluding carboxylic acids is 2. The van der Waals surface area contributed by atoms with Gasteiger partial charge in [0.15, 0.2) is 0 Å². The highest BCUT2D eigenvalue weighted by Gasteiger charge is 2.46. The molecule has 1 amide bonds. The van der Waals surface area contributed by atoms with Crippen molar-refractivity contribution in [3.63, 3.8) is 0 Å². The van der Waals surface area contributed by atoms with Crippen molar-refractivity contribution < 1.29 is 29.1 Å². The van der Waals surface area contributed by atoms with Gasteiger partial charge in [0.1, 0.15) is 11.5 Å². The molecule has 0 radical (unpaired) electrons. The van der Waals surface area contributed by atoms with Crippen molar-refractivity contribution in [2.24, 2.45) is 0 Å². The Morgan fingerprint density at radius 3 is 2.44 bits per heavy atom. The number of ether oxygens (including phenoxy) is 2. The van der Waals surface area contributed by atoms with Crippen molar-refractivity contribution >= 4 is 23.1 Å². The van der Waals surface area contributed by atoms with Crippen LogP contribution in [0.3, 0.4) is 0 Å². The lowest BCUT2D eigenvalue weighted by atomic mass is 9.94. The number of ketones is 1. The Kier molecular flexibility index (Phi) is 7.66. The summed E-state index contributed by atoms with van der Waals surface area (Å²) in [7, 11) is 1.54. The maximum Gasteiger partial charge on any atom is 0.295 e. The molecule has 1 N–H and O–H groups in total. The average molecular weight is 496 g/mol. The number of rotatable bonds is 8. The topological polar surface area (TPSA) is 122 Å². The fourth-order valence-corrected chi connectivity index (χ4v) is 4.71. The van der Waals surface area contributed by atoms with E-state index < -0.39 is 22.7 Å². The molecule has 190 valence electrons. The fraction of sp³-hybridized carbons (Fsp3) is 0.385. The van der Waals surface area contributed by atoms with Gasteiger partial charge in [0.25, 0.3) is 17.4 Å². The van der Waals surface area contributed by atoms with Crippen LogP contribution in [0.1, 0.15) is 29.2 Å². The SMILES string of the molecule is COc1ccc(C(O)=C2C(=O)C(=O)N(CCCN3CCOCC3)[C@@H]2c2ccc([N+](=O)[O-])cc2)cc1C. The number of Topliss-reactive ketones (excluding diaryl/α,β-unsaturated/α-hetero) is 1. The van der Waals surface area contributed by atoms with Gasteiger partial charge in [-0.05, 0) is 54.8 Å². The van der Waals surface area contributed by atoms with Gasteiger partial charge < -0.3 is 19.5 Å². The van der Waals surface area contributed by atoms with Gasteiger partial charge in [-0.2, -0.15) is 0 Å². The normalized spacial score (nSPS) is 20.1. The summed E-state index contributed by atoms with van der Waals surface area (Å²) in [5, 5.41) is 22.4. The number of carbonyl (C=O) groups is 2. The highest BCUT2D eigenvalue weighted by molar-refractivity contribution is 6.46. The van der Waals surface area contributed by atoms with Crippen LogP contribution in [0.4, 0.5) is 5.69 Å². The van der Waals surface area contributed by atoms with Crippen LogP contribution in [0.25, 0.3) is 5.76 Å². The van der Waals surface area contributed by atoms with Crippen LogP contribution in [0, 0.1) is 17.0 Å². The summed E-state index contributed by atoms with van der Waals surface area (Å²) in [6.07, 6.45) is 0.623. The molecule has 2 fully saturated rings. The van der Waals surface area contributed by atoms with E-state index in [-0.39, 0.29) is 17.0 Å². The summed E-state index contributed by atoms with van der Waals surface area (Å²) in [5.41, 5.74) is 1.51. The second-order valence-electron chi connectivity index (χ2n) is 8.83. The van der Waals surface area contributed by atoms with Gasteiger partial charge in [0.2, 0.25) is 0 Å². The van der Waals surface area contributed by atoms with Gasteiger partial charge in [0.05, 0.1) is 36.9 Å². The number of hydrogen-bond acceptors (Lipinski definition) is 8. The molecule has 2 aliphatic rings. The Bertz CT molecular complexity index is 1190. The van der Waals surface area contributed by atoms with E-state index in [9.17, 15) is 24.8 Å². The molecular weight excluding hydrogens is 466 g/mol. The number of nitro benzene ring substituents is 1. The van der Waals surface area contributed by atoms with Crippen LogP contribution in [-0.2, 0) is 14.3 Å². The van der Waals surface area contributed by atoms with Crippen molar-refractivity contribution in [2.75, 3.05) is 46.5 Å². The Balaban J connectivity index is 1.70. The van der Waals surface area contributed by atoms with Crippen LogP contribution >= 0.6 is 0 Å². The molecule has 2 aromatic carbocycles. The number of nitro groups is 1. The van der Waals surface area contributed by atoms with E-state index in [2.05, 4.69) is 4.90 Å². The second-order valence-corrected chi connectivity index (χ2v) is 8.83. The number of benzene rings is 2. The molecule has 0 saturated carbocycles. The monoisotopic (exact) mass is 495 g/mol. The Morgan fingerprint density at radius 1 is 1.14 bits per heavy atom. The summed E-state index contributed by atoms with van der Waals surface area (Å²) < 4.78 is 10.7. The minimum absolute atomic E-state index is 0.0372. The zero-order chi connectivity index (χ0) is 25.8. The molecule has 0 bridgehead atoms. The Labute approximate surface area is 208 Å². The van der Waals surface area contributed by atoms with E-state index in [1.54, 1.807) is 25.3 Å². The maximum absolute atomic E-state index is 13.2. The molecule has 2 aromatic rings. The lowest BCUT2D eigenvalue weighted by molar-refractivity contribution is -0.384. The number of amides is 1. The Morgan fingerprint density at radius 2 is 1.83 bits per heavy atom. The summed E-state index contributed by atoms with van der Waals surface area (Å²) in [6, 6.07) is 9.85. The number of hydrogen-bond donors (Lipinski definition) is 1. The summed E-state index contributed by atoms with van der Waals surface area (Å²) in [5.74, 6) is -1.15. The lowest BCUT2D eigenvalue weighted by Crippen LogP contribution is -2.38. The lowest BCUT2D eigenvalue weighted by Gasteiger charge is -2.29. The third kappa shape index (κ3) is 5.09. The first-order valence-electron chi connectivity index (χ1n) is 11.8. The van der Waals surface area contributed by atoms with E-state index in [4.69, 9.17) is 9.47 Å². The van der Waals surface area contributed by atoms with Crippen molar-refractivity contribution in [2.45, 2.75) is 19.4 Å². The smallest absolute Gasteiger partial charge is 0.295 e. The molecule has 10 heteroatoms. The van der Waals surface area contributed by atoms with Gasteiger partial charge in [-0.15, -0.1) is 0 Å². The molecule has 0 aromatic heterocycles. The average Bonchev–Trinajstić information content (AvgIpc) is 3.14. The number of morpholine rings is 1. The molecule has 2 saturated heterocycles. The fourth-order valence-electron chi connectivity index (χ4n) is 4.71. The highest BCUT2D eigenvalue weighted by atomic mass is 16.6. The number of nitrogens with zero attached hydrogens (tertiary/aromatic N) is 3. The minimum atomic E-state index is -0.863. The predicted molar refractivity (Wildman–Crippen MR) is 132 cm³/mol. The van der Waals surface area contributed by atoms with E-state index in [1.807, 2.05) is 6.92 Å². The van der Waals surface area contributed by atoms with Crippen molar-refractivity contribution in [1.29, 1.82) is 0 Å². The second kappa shape index (κ2) is 10.9. The zero-order valence-electron chi connectivity index (χ0n) is 20.3. The standard InChI is InChI=1S/C26H29N3O7/c1-17-16-19(6-9-21(17)35-2)24(30)22-23(18-4-7-20(8-5-18)29(33)34)28(26(32)25(22)31)11-3-10-27-12-14-36-15-13-27/h4-9,16,23,30H,3,10-15H2,1-2H3/t23-/m1/s1. The van der Waals surface area contributed by atoms with Crippen molar-refractivity contribution in [1.82, 2.24) is 9.80 Å². The molecule has 0 aliphatic carbocycles. The molecule has 2 heterocycles.